The van der Waals surface area contributed by atoms with Crippen molar-refractivity contribution in [2.45, 2.75) is 51.7 Å². The van der Waals surface area contributed by atoms with E-state index in [1.165, 1.54) is 25.7 Å². The van der Waals surface area contributed by atoms with Gasteiger partial charge in [-0.1, -0.05) is 6.42 Å². The lowest BCUT2D eigenvalue weighted by molar-refractivity contribution is 0.242. The van der Waals surface area contributed by atoms with Crippen molar-refractivity contribution in [3.8, 4) is 5.75 Å². The second kappa shape index (κ2) is 6.22. The van der Waals surface area contributed by atoms with E-state index in [1.54, 1.807) is 0 Å². The number of benzene rings is 1. The van der Waals surface area contributed by atoms with Crippen LogP contribution in [0.5, 0.6) is 5.75 Å². The van der Waals surface area contributed by atoms with E-state index < -0.39 is 0 Å². The molecule has 0 heterocycles. The number of hydrogen-bond donors (Lipinski definition) is 2. The van der Waals surface area contributed by atoms with Crippen molar-refractivity contribution in [1.29, 1.82) is 0 Å². The summed E-state index contributed by atoms with van der Waals surface area (Å²) in [6.07, 6.45) is 5.66. The van der Waals surface area contributed by atoms with Crippen LogP contribution in [0.15, 0.2) is 24.3 Å². The Labute approximate surface area is 132 Å². The first-order valence-electron chi connectivity index (χ1n) is 7.94. The Morgan fingerprint density at radius 3 is 2.52 bits per heavy atom. The Kier molecular flexibility index (Phi) is 4.34. The molecule has 3 atom stereocenters. The third-order valence-electron chi connectivity index (χ3n) is 4.54. The maximum Gasteiger partial charge on any atom is 0.171 e. The first kappa shape index (κ1) is 14.6. The first-order valence-corrected chi connectivity index (χ1v) is 8.35. The van der Waals surface area contributed by atoms with E-state index in [2.05, 4.69) is 10.6 Å². The monoisotopic (exact) mass is 304 g/mol. The predicted octanol–water partition coefficient (Wildman–Crippen LogP) is 3.95. The van der Waals surface area contributed by atoms with Crippen LogP contribution in [0.4, 0.5) is 5.69 Å². The van der Waals surface area contributed by atoms with Gasteiger partial charge in [0.25, 0.3) is 0 Å². The molecule has 4 heteroatoms. The van der Waals surface area contributed by atoms with Crippen molar-refractivity contribution in [1.82, 2.24) is 5.32 Å². The molecule has 0 radical (unpaired) electrons. The van der Waals surface area contributed by atoms with Crippen LogP contribution in [0.25, 0.3) is 0 Å². The highest BCUT2D eigenvalue weighted by molar-refractivity contribution is 7.80. The van der Waals surface area contributed by atoms with E-state index in [0.29, 0.717) is 6.04 Å². The van der Waals surface area contributed by atoms with Crippen molar-refractivity contribution in [3.63, 3.8) is 0 Å². The third-order valence-corrected chi connectivity index (χ3v) is 4.76. The quantitative estimate of drug-likeness (QED) is 0.825. The highest BCUT2D eigenvalue weighted by Crippen LogP contribution is 2.44. The van der Waals surface area contributed by atoms with Crippen LogP contribution in [0, 0.1) is 11.8 Å². The van der Waals surface area contributed by atoms with Crippen molar-refractivity contribution in [3.05, 3.63) is 24.3 Å². The lowest BCUT2D eigenvalue weighted by atomic mass is 9.96. The fourth-order valence-electron chi connectivity index (χ4n) is 3.65. The summed E-state index contributed by atoms with van der Waals surface area (Å²) in [6.45, 7) is 4.06. The molecular weight excluding hydrogens is 280 g/mol. The van der Waals surface area contributed by atoms with Gasteiger partial charge in [-0.2, -0.15) is 0 Å². The molecule has 2 saturated carbocycles. The van der Waals surface area contributed by atoms with Crippen LogP contribution in [0.1, 0.15) is 39.5 Å². The normalized spacial score (nSPS) is 26.9. The van der Waals surface area contributed by atoms with Gasteiger partial charge in [0.2, 0.25) is 0 Å². The lowest BCUT2D eigenvalue weighted by Gasteiger charge is -2.24. The standard InChI is InChI=1S/C17H24N2OS/c1-11(2)20-15-7-5-14(6-8-15)18-17(21)19-16-10-12-3-4-13(16)9-12/h5-8,11-13,16H,3-4,9-10H2,1-2H3,(H2,18,19,21)/t12-,13-,16-/m1/s1. The predicted molar refractivity (Wildman–Crippen MR) is 90.8 cm³/mol. The maximum absolute atomic E-state index is 5.64. The van der Waals surface area contributed by atoms with Gasteiger partial charge < -0.3 is 15.4 Å². The fraction of sp³-hybridized carbons (Fsp3) is 0.588. The van der Waals surface area contributed by atoms with Crippen LogP contribution < -0.4 is 15.4 Å². The molecule has 0 unspecified atom stereocenters. The van der Waals surface area contributed by atoms with Crippen LogP contribution in [0.2, 0.25) is 0 Å². The topological polar surface area (TPSA) is 33.3 Å². The average Bonchev–Trinajstić information content (AvgIpc) is 3.02. The second-order valence-electron chi connectivity index (χ2n) is 6.57. The number of nitrogens with one attached hydrogen (secondary N) is 2. The maximum atomic E-state index is 5.64. The Bertz CT molecular complexity index is 500. The highest BCUT2D eigenvalue weighted by Gasteiger charge is 2.39. The van der Waals surface area contributed by atoms with Crippen molar-refractivity contribution >= 4 is 23.0 Å². The summed E-state index contributed by atoms with van der Waals surface area (Å²) in [4.78, 5) is 0. The fourth-order valence-corrected chi connectivity index (χ4v) is 3.92. The SMILES string of the molecule is CC(C)Oc1ccc(NC(=S)N[C@@H]2C[C@@H]3CC[C@@H]2C3)cc1. The van der Waals surface area contributed by atoms with Crippen molar-refractivity contribution in [2.75, 3.05) is 5.32 Å². The summed E-state index contributed by atoms with van der Waals surface area (Å²) in [6, 6.07) is 8.54. The van der Waals surface area contributed by atoms with Gasteiger partial charge in [-0.05, 0) is 81.4 Å². The van der Waals surface area contributed by atoms with E-state index in [-0.39, 0.29) is 6.10 Å². The van der Waals surface area contributed by atoms with Gasteiger partial charge in [-0.3, -0.25) is 0 Å². The summed E-state index contributed by atoms with van der Waals surface area (Å²) in [5.74, 6) is 2.65. The molecule has 3 nitrogen and oxygen atoms in total. The second-order valence-corrected chi connectivity index (χ2v) is 6.98. The summed E-state index contributed by atoms with van der Waals surface area (Å²) in [5.41, 5.74) is 1.01. The Balaban J connectivity index is 1.50. The average molecular weight is 304 g/mol. The molecule has 1 aromatic carbocycles. The van der Waals surface area contributed by atoms with Gasteiger partial charge in [0, 0.05) is 11.7 Å². The van der Waals surface area contributed by atoms with Gasteiger partial charge in [0.1, 0.15) is 5.75 Å². The van der Waals surface area contributed by atoms with Gasteiger partial charge in [0.05, 0.1) is 6.10 Å². The van der Waals surface area contributed by atoms with Crippen LogP contribution in [0.3, 0.4) is 0 Å². The third kappa shape index (κ3) is 3.67. The molecule has 114 valence electrons. The zero-order valence-electron chi connectivity index (χ0n) is 12.8. The van der Waals surface area contributed by atoms with E-state index in [4.69, 9.17) is 17.0 Å². The number of fused-ring (bicyclic) bond motifs is 2. The number of ether oxygens (including phenoxy) is 1. The molecular formula is C17H24N2OS. The molecule has 3 rings (SSSR count). The molecule has 0 spiro atoms. The summed E-state index contributed by atoms with van der Waals surface area (Å²) >= 11 is 5.44. The number of hydrogen-bond acceptors (Lipinski definition) is 2. The number of anilines is 1. The number of thiocarbonyl (C=S) groups is 1. The molecule has 0 aromatic heterocycles. The Hall–Kier alpha value is -1.29. The molecule has 2 aliphatic rings. The minimum atomic E-state index is 0.198. The van der Waals surface area contributed by atoms with E-state index >= 15 is 0 Å². The zero-order chi connectivity index (χ0) is 14.8. The summed E-state index contributed by atoms with van der Waals surface area (Å²) in [5, 5.41) is 7.51. The van der Waals surface area contributed by atoms with Gasteiger partial charge in [-0.15, -0.1) is 0 Å². The molecule has 0 amide bonds. The van der Waals surface area contributed by atoms with Crippen LogP contribution in [-0.4, -0.2) is 17.3 Å². The Morgan fingerprint density at radius 1 is 1.19 bits per heavy atom. The van der Waals surface area contributed by atoms with Gasteiger partial charge in [0.15, 0.2) is 5.11 Å². The van der Waals surface area contributed by atoms with Crippen LogP contribution >= 0.6 is 12.2 Å². The van der Waals surface area contributed by atoms with E-state index in [1.807, 2.05) is 38.1 Å². The molecule has 21 heavy (non-hydrogen) atoms. The summed E-state index contributed by atoms with van der Waals surface area (Å²) in [7, 11) is 0. The molecule has 2 aliphatic carbocycles. The zero-order valence-corrected chi connectivity index (χ0v) is 13.6. The van der Waals surface area contributed by atoms with Crippen molar-refractivity contribution in [2.24, 2.45) is 11.8 Å². The molecule has 2 bridgehead atoms. The van der Waals surface area contributed by atoms with E-state index in [9.17, 15) is 0 Å². The lowest BCUT2D eigenvalue weighted by Crippen LogP contribution is -2.40. The van der Waals surface area contributed by atoms with Crippen LogP contribution in [-0.2, 0) is 0 Å². The minimum absolute atomic E-state index is 0.198. The minimum Gasteiger partial charge on any atom is -0.491 e. The largest absolute Gasteiger partial charge is 0.491 e. The molecule has 1 aromatic rings. The van der Waals surface area contributed by atoms with Crippen molar-refractivity contribution < 1.29 is 4.74 Å². The smallest absolute Gasteiger partial charge is 0.171 e. The molecule has 2 fully saturated rings. The van der Waals surface area contributed by atoms with Gasteiger partial charge >= 0.3 is 0 Å². The molecule has 0 saturated heterocycles. The van der Waals surface area contributed by atoms with Gasteiger partial charge in [-0.25, -0.2) is 0 Å². The Morgan fingerprint density at radius 2 is 1.95 bits per heavy atom. The highest BCUT2D eigenvalue weighted by atomic mass is 32.1. The molecule has 2 N–H and O–H groups in total. The molecule has 0 aliphatic heterocycles. The van der Waals surface area contributed by atoms with E-state index in [0.717, 1.165) is 28.4 Å². The summed E-state index contributed by atoms with van der Waals surface area (Å²) < 4.78 is 5.64. The first-order chi connectivity index (χ1) is 10.1. The number of rotatable bonds is 4.